The van der Waals surface area contributed by atoms with Gasteiger partial charge in [-0.1, -0.05) is 32.9 Å². The molecule has 1 fully saturated rings. The van der Waals surface area contributed by atoms with Gasteiger partial charge in [0.05, 0.1) is 12.2 Å². The van der Waals surface area contributed by atoms with Gasteiger partial charge in [0.15, 0.2) is 5.96 Å². The fourth-order valence-electron chi connectivity index (χ4n) is 2.91. The molecule has 2 aromatic rings. The topological polar surface area (TPSA) is 49.3 Å². The van der Waals surface area contributed by atoms with Crippen LogP contribution in [-0.2, 0) is 17.4 Å². The minimum absolute atomic E-state index is 0. The zero-order valence-electron chi connectivity index (χ0n) is 16.3. The number of thiazole rings is 1. The van der Waals surface area contributed by atoms with Gasteiger partial charge in [-0.2, -0.15) is 0 Å². The third kappa shape index (κ3) is 5.63. The molecule has 0 radical (unpaired) electrons. The Hall–Kier alpha value is -1.22. The molecule has 0 spiro atoms. The lowest BCUT2D eigenvalue weighted by Gasteiger charge is -2.19. The molecule has 7 heteroatoms. The molecule has 27 heavy (non-hydrogen) atoms. The van der Waals surface area contributed by atoms with E-state index in [-0.39, 0.29) is 40.6 Å². The van der Waals surface area contributed by atoms with E-state index in [1.54, 1.807) is 30.5 Å². The van der Waals surface area contributed by atoms with Crippen molar-refractivity contribution in [2.75, 3.05) is 13.6 Å². The highest BCUT2D eigenvalue weighted by atomic mass is 127. The number of nitrogens with zero attached hydrogens (tertiary/aromatic N) is 2. The predicted molar refractivity (Wildman–Crippen MR) is 122 cm³/mol. The van der Waals surface area contributed by atoms with Crippen LogP contribution in [0, 0.1) is 5.82 Å². The Morgan fingerprint density at radius 3 is 2.59 bits per heavy atom. The fraction of sp³-hybridized carbons (Fsp3) is 0.500. The van der Waals surface area contributed by atoms with Crippen LogP contribution in [-0.4, -0.2) is 24.5 Å². The van der Waals surface area contributed by atoms with Crippen LogP contribution in [0.2, 0.25) is 0 Å². The van der Waals surface area contributed by atoms with Gasteiger partial charge in [-0.3, -0.25) is 4.99 Å². The molecule has 1 aliphatic rings. The normalized spacial score (nSPS) is 15.8. The molecule has 1 aromatic heterocycles. The average molecular weight is 502 g/mol. The van der Waals surface area contributed by atoms with Crippen molar-refractivity contribution in [3.8, 4) is 0 Å². The average Bonchev–Trinajstić information content (AvgIpc) is 3.22. The van der Waals surface area contributed by atoms with Gasteiger partial charge < -0.3 is 10.6 Å². The highest BCUT2D eigenvalue weighted by Crippen LogP contribution is 2.47. The summed E-state index contributed by atoms with van der Waals surface area (Å²) in [5.41, 5.74) is 2.28. The summed E-state index contributed by atoms with van der Waals surface area (Å²) >= 11 is 1.67. The number of rotatable bonds is 5. The van der Waals surface area contributed by atoms with Crippen molar-refractivity contribution in [1.29, 1.82) is 0 Å². The maximum absolute atomic E-state index is 13.5. The Morgan fingerprint density at radius 2 is 2.04 bits per heavy atom. The number of halogens is 2. The Bertz CT molecular complexity index is 793. The van der Waals surface area contributed by atoms with E-state index < -0.39 is 0 Å². The first-order valence-electron chi connectivity index (χ1n) is 8.98. The summed E-state index contributed by atoms with van der Waals surface area (Å²) in [5.74, 6) is 0.579. The lowest BCUT2D eigenvalue weighted by atomic mass is 9.93. The summed E-state index contributed by atoms with van der Waals surface area (Å²) < 4.78 is 13.5. The van der Waals surface area contributed by atoms with Gasteiger partial charge in [0.25, 0.3) is 0 Å². The molecule has 148 valence electrons. The van der Waals surface area contributed by atoms with E-state index in [1.165, 1.54) is 6.07 Å². The molecule has 4 nitrogen and oxygen atoms in total. The van der Waals surface area contributed by atoms with Crippen LogP contribution in [0.25, 0.3) is 0 Å². The summed E-state index contributed by atoms with van der Waals surface area (Å²) in [5, 5.41) is 9.88. The number of nitrogens with one attached hydrogen (secondary N) is 2. The Kier molecular flexibility index (Phi) is 7.24. The van der Waals surface area contributed by atoms with Crippen molar-refractivity contribution in [2.24, 2.45) is 4.99 Å². The molecule has 0 atom stereocenters. The van der Waals surface area contributed by atoms with Crippen LogP contribution in [0.15, 0.2) is 34.6 Å². The highest BCUT2D eigenvalue weighted by Gasteiger charge is 2.44. The van der Waals surface area contributed by atoms with Gasteiger partial charge in [0.2, 0.25) is 0 Å². The first-order chi connectivity index (χ1) is 12.3. The second kappa shape index (κ2) is 8.86. The summed E-state index contributed by atoms with van der Waals surface area (Å²) in [6, 6.07) is 6.94. The first kappa shape index (κ1) is 22.1. The van der Waals surface area contributed by atoms with E-state index >= 15 is 0 Å². The molecular formula is C20H28FIN4S. The van der Waals surface area contributed by atoms with Crippen LogP contribution in [0.4, 0.5) is 4.39 Å². The van der Waals surface area contributed by atoms with E-state index in [9.17, 15) is 4.39 Å². The number of guanidine groups is 1. The number of hydrogen-bond donors (Lipinski definition) is 2. The number of hydrogen-bond acceptors (Lipinski definition) is 3. The second-order valence-electron chi connectivity index (χ2n) is 7.95. The van der Waals surface area contributed by atoms with Crippen molar-refractivity contribution in [3.05, 3.63) is 51.7 Å². The smallest absolute Gasteiger partial charge is 0.191 e. The Labute approximate surface area is 182 Å². The van der Waals surface area contributed by atoms with Gasteiger partial charge in [-0.25, -0.2) is 9.37 Å². The van der Waals surface area contributed by atoms with E-state index in [0.29, 0.717) is 6.54 Å². The van der Waals surface area contributed by atoms with Crippen molar-refractivity contribution < 1.29 is 4.39 Å². The van der Waals surface area contributed by atoms with E-state index in [2.05, 4.69) is 41.8 Å². The lowest BCUT2D eigenvalue weighted by Crippen LogP contribution is -2.40. The minimum Gasteiger partial charge on any atom is -0.356 e. The van der Waals surface area contributed by atoms with Gasteiger partial charge in [-0.05, 0) is 30.5 Å². The van der Waals surface area contributed by atoms with Crippen molar-refractivity contribution in [1.82, 2.24) is 15.6 Å². The predicted octanol–water partition coefficient (Wildman–Crippen LogP) is 4.59. The molecule has 1 aliphatic carbocycles. The Morgan fingerprint density at radius 1 is 1.30 bits per heavy atom. The van der Waals surface area contributed by atoms with Crippen LogP contribution < -0.4 is 10.6 Å². The van der Waals surface area contributed by atoms with Gasteiger partial charge in [0, 0.05) is 29.8 Å². The Balaban J connectivity index is 0.00000261. The zero-order chi connectivity index (χ0) is 18.8. The molecule has 1 heterocycles. The van der Waals surface area contributed by atoms with Crippen LogP contribution >= 0.6 is 35.3 Å². The van der Waals surface area contributed by atoms with Crippen molar-refractivity contribution in [2.45, 2.75) is 51.0 Å². The van der Waals surface area contributed by atoms with Crippen LogP contribution in [0.5, 0.6) is 0 Å². The standard InChI is InChI=1S/C20H27FN4S.HI/c1-19(2,3)16-12-26-17(25-16)11-23-18(22-4)24-13-20(8-9-20)14-6-5-7-15(21)10-14;/h5-7,10,12H,8-9,11,13H2,1-4H3,(H2,22,23,24);1H. The van der Waals surface area contributed by atoms with Crippen LogP contribution in [0.3, 0.4) is 0 Å². The van der Waals surface area contributed by atoms with Crippen molar-refractivity contribution in [3.63, 3.8) is 0 Å². The van der Waals surface area contributed by atoms with Gasteiger partial charge in [-0.15, -0.1) is 35.3 Å². The molecule has 1 saturated carbocycles. The molecule has 0 saturated heterocycles. The maximum atomic E-state index is 13.5. The molecule has 1 aromatic carbocycles. The third-order valence-electron chi connectivity index (χ3n) is 4.84. The van der Waals surface area contributed by atoms with Gasteiger partial charge >= 0.3 is 0 Å². The summed E-state index contributed by atoms with van der Waals surface area (Å²) in [6.45, 7) is 7.90. The molecular weight excluding hydrogens is 474 g/mol. The quantitative estimate of drug-likeness (QED) is 0.357. The SMILES string of the molecule is CN=C(NCc1nc(C(C)(C)C)cs1)NCC1(c2cccc(F)c2)CC1.I. The molecule has 0 bridgehead atoms. The van der Waals surface area contributed by atoms with Crippen molar-refractivity contribution >= 4 is 41.3 Å². The zero-order valence-corrected chi connectivity index (χ0v) is 19.5. The van der Waals surface area contributed by atoms with Gasteiger partial charge in [0.1, 0.15) is 10.8 Å². The summed E-state index contributed by atoms with van der Waals surface area (Å²) in [7, 11) is 1.76. The monoisotopic (exact) mass is 502 g/mol. The van der Waals surface area contributed by atoms with E-state index in [4.69, 9.17) is 4.98 Å². The third-order valence-corrected chi connectivity index (χ3v) is 5.68. The largest absolute Gasteiger partial charge is 0.356 e. The summed E-state index contributed by atoms with van der Waals surface area (Å²) in [6.07, 6.45) is 2.14. The molecule has 0 aliphatic heterocycles. The highest BCUT2D eigenvalue weighted by molar-refractivity contribution is 14.0. The van der Waals surface area contributed by atoms with E-state index in [1.807, 2.05) is 6.07 Å². The van der Waals surface area contributed by atoms with E-state index in [0.717, 1.165) is 41.6 Å². The minimum atomic E-state index is -0.172. The maximum Gasteiger partial charge on any atom is 0.191 e. The molecule has 0 unspecified atom stereocenters. The number of aromatic nitrogens is 1. The van der Waals surface area contributed by atoms with Crippen LogP contribution in [0.1, 0.15) is 49.9 Å². The number of benzene rings is 1. The number of aliphatic imine (C=N–C) groups is 1. The molecule has 3 rings (SSSR count). The molecule has 0 amide bonds. The first-order valence-corrected chi connectivity index (χ1v) is 9.86. The second-order valence-corrected chi connectivity index (χ2v) is 8.89. The lowest BCUT2D eigenvalue weighted by molar-refractivity contribution is 0.570. The molecule has 2 N–H and O–H groups in total. The fourth-order valence-corrected chi connectivity index (χ4v) is 3.87. The summed E-state index contributed by atoms with van der Waals surface area (Å²) in [4.78, 5) is 9.00.